The molecule has 2 fully saturated rings. The van der Waals surface area contributed by atoms with Gasteiger partial charge in [0.25, 0.3) is 0 Å². The van der Waals surface area contributed by atoms with Crippen LogP contribution in [0, 0.1) is 11.8 Å². The number of hydrogen-bond acceptors (Lipinski definition) is 4. The Morgan fingerprint density at radius 2 is 2.04 bits per heavy atom. The minimum absolute atomic E-state index is 0.0560. The number of nitrogens with one attached hydrogen (secondary N) is 1. The molecule has 2 aliphatic rings. The van der Waals surface area contributed by atoms with Crippen LogP contribution in [-0.2, 0) is 11.3 Å². The van der Waals surface area contributed by atoms with E-state index in [0.717, 1.165) is 17.7 Å². The molecule has 0 aromatic carbocycles. The number of aromatic nitrogens is 2. The van der Waals surface area contributed by atoms with Crippen LogP contribution in [0.1, 0.15) is 19.3 Å². The van der Waals surface area contributed by atoms with Crippen molar-refractivity contribution in [2.45, 2.75) is 20.0 Å². The number of piperazine rings is 1. The van der Waals surface area contributed by atoms with E-state index in [2.05, 4.69) is 15.2 Å². The lowest BCUT2D eigenvalue weighted by atomic mass is 9.88. The number of amides is 1. The number of hydrogen-bond donors (Lipinski definition) is 1. The monoisotopic (exact) mass is 327 g/mol. The Morgan fingerprint density at radius 1 is 1.35 bits per heavy atom. The predicted octanol–water partition coefficient (Wildman–Crippen LogP) is 0.778. The summed E-state index contributed by atoms with van der Waals surface area (Å²) in [6.45, 7) is 4.35. The highest BCUT2D eigenvalue weighted by Crippen LogP contribution is 2.20. The highest BCUT2D eigenvalue weighted by molar-refractivity contribution is 5.79. The SMILES string of the molecule is CC(C(=O)N1CCN(Cc2nccn2C(F)F)CC1)C1CNC1. The van der Waals surface area contributed by atoms with Crippen LogP contribution in [0.15, 0.2) is 12.4 Å². The van der Waals surface area contributed by atoms with Crippen LogP contribution in [-0.4, -0.2) is 64.5 Å². The number of nitrogens with zero attached hydrogens (tertiary/aromatic N) is 4. The summed E-state index contributed by atoms with van der Waals surface area (Å²) >= 11 is 0. The second-order valence-corrected chi connectivity index (χ2v) is 6.34. The third-order valence-electron chi connectivity index (χ3n) is 4.92. The fourth-order valence-corrected chi connectivity index (χ4v) is 3.12. The maximum atomic E-state index is 12.8. The molecule has 1 amide bonds. The molecule has 0 saturated carbocycles. The quantitative estimate of drug-likeness (QED) is 0.868. The molecule has 3 rings (SSSR count). The molecule has 2 saturated heterocycles. The average molecular weight is 327 g/mol. The summed E-state index contributed by atoms with van der Waals surface area (Å²) in [6, 6.07) is 0. The van der Waals surface area contributed by atoms with Crippen molar-refractivity contribution in [1.82, 2.24) is 24.7 Å². The second-order valence-electron chi connectivity index (χ2n) is 6.34. The molecule has 1 aromatic heterocycles. The molecule has 23 heavy (non-hydrogen) atoms. The van der Waals surface area contributed by atoms with Gasteiger partial charge in [-0.15, -0.1) is 0 Å². The molecular weight excluding hydrogens is 304 g/mol. The van der Waals surface area contributed by atoms with Gasteiger partial charge in [0, 0.05) is 44.5 Å². The van der Waals surface area contributed by atoms with Crippen molar-refractivity contribution < 1.29 is 13.6 Å². The predicted molar refractivity (Wildman–Crippen MR) is 80.9 cm³/mol. The lowest BCUT2D eigenvalue weighted by molar-refractivity contribution is -0.139. The maximum absolute atomic E-state index is 12.8. The van der Waals surface area contributed by atoms with Gasteiger partial charge in [0.15, 0.2) is 0 Å². The van der Waals surface area contributed by atoms with Crippen molar-refractivity contribution in [3.63, 3.8) is 0 Å². The molecule has 0 radical (unpaired) electrons. The number of halogens is 2. The van der Waals surface area contributed by atoms with Gasteiger partial charge in [0.2, 0.25) is 5.91 Å². The minimum Gasteiger partial charge on any atom is -0.340 e. The molecule has 0 aliphatic carbocycles. The molecule has 8 heteroatoms. The first kappa shape index (κ1) is 16.3. The number of carbonyl (C=O) groups excluding carboxylic acids is 1. The van der Waals surface area contributed by atoms with Crippen molar-refractivity contribution in [3.05, 3.63) is 18.2 Å². The van der Waals surface area contributed by atoms with Crippen molar-refractivity contribution in [2.75, 3.05) is 39.3 Å². The Labute approximate surface area is 134 Å². The van der Waals surface area contributed by atoms with Gasteiger partial charge in [-0.05, 0) is 19.0 Å². The highest BCUT2D eigenvalue weighted by atomic mass is 19.3. The van der Waals surface area contributed by atoms with Gasteiger partial charge in [0.1, 0.15) is 5.82 Å². The topological polar surface area (TPSA) is 53.4 Å². The van der Waals surface area contributed by atoms with Gasteiger partial charge in [-0.2, -0.15) is 8.78 Å². The number of carbonyl (C=O) groups is 1. The minimum atomic E-state index is -2.56. The maximum Gasteiger partial charge on any atom is 0.319 e. The van der Waals surface area contributed by atoms with Gasteiger partial charge in [-0.25, -0.2) is 4.98 Å². The van der Waals surface area contributed by atoms with E-state index in [1.165, 1.54) is 12.4 Å². The summed E-state index contributed by atoms with van der Waals surface area (Å²) in [5.41, 5.74) is 0. The second kappa shape index (κ2) is 6.92. The fraction of sp³-hybridized carbons (Fsp3) is 0.733. The van der Waals surface area contributed by atoms with Crippen LogP contribution >= 0.6 is 0 Å². The summed E-state index contributed by atoms with van der Waals surface area (Å²) < 4.78 is 26.6. The zero-order chi connectivity index (χ0) is 16.4. The summed E-state index contributed by atoms with van der Waals surface area (Å²) in [5, 5.41) is 3.20. The van der Waals surface area contributed by atoms with E-state index in [9.17, 15) is 13.6 Å². The largest absolute Gasteiger partial charge is 0.340 e. The Kier molecular flexibility index (Phi) is 4.91. The van der Waals surface area contributed by atoms with E-state index < -0.39 is 6.55 Å². The van der Waals surface area contributed by atoms with Gasteiger partial charge >= 0.3 is 6.55 Å². The van der Waals surface area contributed by atoms with Gasteiger partial charge < -0.3 is 10.2 Å². The van der Waals surface area contributed by atoms with Crippen LogP contribution in [0.3, 0.4) is 0 Å². The van der Waals surface area contributed by atoms with Gasteiger partial charge in [-0.1, -0.05) is 6.92 Å². The van der Waals surface area contributed by atoms with E-state index in [1.54, 1.807) is 0 Å². The molecule has 1 unspecified atom stereocenters. The third kappa shape index (κ3) is 3.53. The van der Waals surface area contributed by atoms with E-state index in [1.807, 2.05) is 11.8 Å². The lowest BCUT2D eigenvalue weighted by Crippen LogP contribution is -2.54. The van der Waals surface area contributed by atoms with Crippen LogP contribution in [0.2, 0.25) is 0 Å². The Hall–Kier alpha value is -1.54. The van der Waals surface area contributed by atoms with Crippen LogP contribution in [0.4, 0.5) is 8.78 Å². The fourth-order valence-electron chi connectivity index (χ4n) is 3.12. The Morgan fingerprint density at radius 3 is 2.61 bits per heavy atom. The van der Waals surface area contributed by atoms with Gasteiger partial charge in [-0.3, -0.25) is 14.3 Å². The summed E-state index contributed by atoms with van der Waals surface area (Å²) in [6.07, 6.45) is 2.70. The summed E-state index contributed by atoms with van der Waals surface area (Å²) in [5.74, 6) is 1.08. The van der Waals surface area contributed by atoms with Crippen LogP contribution < -0.4 is 5.32 Å². The molecule has 128 valence electrons. The van der Waals surface area contributed by atoms with E-state index in [0.29, 0.717) is 44.5 Å². The number of alkyl halides is 2. The normalized spacial score (nSPS) is 21.5. The van der Waals surface area contributed by atoms with Crippen molar-refractivity contribution in [2.24, 2.45) is 11.8 Å². The molecule has 0 spiro atoms. The van der Waals surface area contributed by atoms with E-state index in [-0.39, 0.29) is 11.8 Å². The summed E-state index contributed by atoms with van der Waals surface area (Å²) in [4.78, 5) is 20.4. The average Bonchev–Trinajstić information content (AvgIpc) is 2.94. The molecule has 0 bridgehead atoms. The number of imidazole rings is 1. The smallest absolute Gasteiger partial charge is 0.319 e. The molecule has 3 heterocycles. The molecule has 1 atom stereocenters. The Bertz CT molecular complexity index is 538. The number of rotatable bonds is 5. The van der Waals surface area contributed by atoms with Gasteiger partial charge in [0.05, 0.1) is 6.54 Å². The first-order chi connectivity index (χ1) is 11.1. The zero-order valence-corrected chi connectivity index (χ0v) is 13.3. The lowest BCUT2D eigenvalue weighted by Gasteiger charge is -2.39. The first-order valence-corrected chi connectivity index (χ1v) is 8.08. The molecule has 1 N–H and O–H groups in total. The zero-order valence-electron chi connectivity index (χ0n) is 13.3. The van der Waals surface area contributed by atoms with Crippen molar-refractivity contribution in [1.29, 1.82) is 0 Å². The molecular formula is C15H23F2N5O. The highest BCUT2D eigenvalue weighted by Gasteiger charge is 2.33. The van der Waals surface area contributed by atoms with E-state index in [4.69, 9.17) is 0 Å². The van der Waals surface area contributed by atoms with Crippen LogP contribution in [0.5, 0.6) is 0 Å². The first-order valence-electron chi connectivity index (χ1n) is 8.08. The standard InChI is InChI=1S/C15H23F2N5O/c1-11(12-8-18-9-12)14(23)21-6-4-20(5-7-21)10-13-19-2-3-22(13)15(16)17/h2-3,11-12,15,18H,4-10H2,1H3. The summed E-state index contributed by atoms with van der Waals surface area (Å²) in [7, 11) is 0. The van der Waals surface area contributed by atoms with Crippen LogP contribution in [0.25, 0.3) is 0 Å². The van der Waals surface area contributed by atoms with Crippen molar-refractivity contribution in [3.8, 4) is 0 Å². The van der Waals surface area contributed by atoms with E-state index >= 15 is 0 Å². The molecule has 2 aliphatic heterocycles. The molecule has 1 aromatic rings. The Balaban J connectivity index is 1.50. The molecule has 6 nitrogen and oxygen atoms in total. The van der Waals surface area contributed by atoms with Crippen molar-refractivity contribution >= 4 is 5.91 Å². The third-order valence-corrected chi connectivity index (χ3v) is 4.92.